The zero-order chi connectivity index (χ0) is 18.1. The molecule has 136 valence electrons. The zero-order valence-electron chi connectivity index (χ0n) is 14.4. The first kappa shape index (κ1) is 17.8. The van der Waals surface area contributed by atoms with Gasteiger partial charge < -0.3 is 4.57 Å². The van der Waals surface area contributed by atoms with E-state index in [0.29, 0.717) is 23.9 Å². The lowest BCUT2D eigenvalue weighted by molar-refractivity contribution is 0.254. The summed E-state index contributed by atoms with van der Waals surface area (Å²) in [6, 6.07) is 17.2. The van der Waals surface area contributed by atoms with Gasteiger partial charge in [-0.2, -0.15) is 4.31 Å². The molecule has 1 aliphatic rings. The van der Waals surface area contributed by atoms with Crippen molar-refractivity contribution in [2.75, 3.05) is 13.1 Å². The summed E-state index contributed by atoms with van der Waals surface area (Å²) in [6.07, 6.45) is 3.91. The van der Waals surface area contributed by atoms with Crippen LogP contribution in [0, 0.1) is 5.92 Å². The standard InChI is InChI=1S/C20H21BrN2O2S/c21-18-6-7-20-17(14-18)10-11-22(20)15-16-8-12-23(13-9-16)26(24,25)19-4-2-1-3-5-19/h1-7,10-11,14,16H,8-9,12-13,15H2. The van der Waals surface area contributed by atoms with Crippen molar-refractivity contribution in [2.45, 2.75) is 24.3 Å². The summed E-state index contributed by atoms with van der Waals surface area (Å²) >= 11 is 3.51. The smallest absolute Gasteiger partial charge is 0.243 e. The summed E-state index contributed by atoms with van der Waals surface area (Å²) in [5.41, 5.74) is 1.23. The van der Waals surface area contributed by atoms with Crippen LogP contribution in [-0.2, 0) is 16.6 Å². The van der Waals surface area contributed by atoms with Crippen molar-refractivity contribution < 1.29 is 8.42 Å². The molecular formula is C20H21BrN2O2S. The van der Waals surface area contributed by atoms with Crippen molar-refractivity contribution in [3.8, 4) is 0 Å². The minimum atomic E-state index is -3.37. The summed E-state index contributed by atoms with van der Waals surface area (Å²) in [7, 11) is -3.37. The number of halogens is 1. The van der Waals surface area contributed by atoms with E-state index in [1.807, 2.05) is 6.07 Å². The molecule has 0 unspecified atom stereocenters. The molecule has 6 heteroatoms. The summed E-state index contributed by atoms with van der Waals surface area (Å²) in [5.74, 6) is 0.497. The van der Waals surface area contributed by atoms with Gasteiger partial charge in [-0.3, -0.25) is 0 Å². The number of aromatic nitrogens is 1. The number of benzene rings is 2. The molecule has 2 aromatic carbocycles. The second kappa shape index (κ2) is 7.18. The molecule has 2 heterocycles. The van der Waals surface area contributed by atoms with Gasteiger partial charge in [0, 0.05) is 41.2 Å². The lowest BCUT2D eigenvalue weighted by Gasteiger charge is -2.31. The van der Waals surface area contributed by atoms with E-state index in [-0.39, 0.29) is 0 Å². The average molecular weight is 433 g/mol. The molecule has 4 rings (SSSR count). The first-order valence-electron chi connectivity index (χ1n) is 8.83. The van der Waals surface area contributed by atoms with E-state index in [9.17, 15) is 8.42 Å². The molecule has 0 amide bonds. The third kappa shape index (κ3) is 3.46. The van der Waals surface area contributed by atoms with Crippen LogP contribution in [0.3, 0.4) is 0 Å². The Balaban J connectivity index is 1.44. The topological polar surface area (TPSA) is 42.3 Å². The van der Waals surface area contributed by atoms with Crippen molar-refractivity contribution >= 4 is 36.9 Å². The fraction of sp³-hybridized carbons (Fsp3) is 0.300. The van der Waals surface area contributed by atoms with E-state index in [4.69, 9.17) is 0 Å². The molecule has 0 spiro atoms. The van der Waals surface area contributed by atoms with Gasteiger partial charge in [-0.05, 0) is 55.2 Å². The van der Waals surface area contributed by atoms with Crippen LogP contribution < -0.4 is 0 Å². The van der Waals surface area contributed by atoms with E-state index < -0.39 is 10.0 Å². The highest BCUT2D eigenvalue weighted by atomic mass is 79.9. The molecule has 4 nitrogen and oxygen atoms in total. The van der Waals surface area contributed by atoms with Gasteiger partial charge in [0.25, 0.3) is 0 Å². The Labute approximate surface area is 162 Å². The fourth-order valence-corrected chi connectivity index (χ4v) is 5.55. The van der Waals surface area contributed by atoms with Crippen LogP contribution in [0.2, 0.25) is 0 Å². The SMILES string of the molecule is O=S(=O)(c1ccccc1)N1CCC(Cn2ccc3cc(Br)ccc32)CC1. The van der Waals surface area contributed by atoms with Crippen LogP contribution in [0.4, 0.5) is 0 Å². The minimum absolute atomic E-state index is 0.389. The van der Waals surface area contributed by atoms with E-state index in [0.717, 1.165) is 23.9 Å². The van der Waals surface area contributed by atoms with Crippen LogP contribution in [0.5, 0.6) is 0 Å². The molecule has 1 fully saturated rings. The molecule has 0 aliphatic carbocycles. The molecule has 0 radical (unpaired) electrons. The van der Waals surface area contributed by atoms with Crippen LogP contribution >= 0.6 is 15.9 Å². The van der Waals surface area contributed by atoms with E-state index in [2.05, 4.69) is 51.0 Å². The molecule has 3 aromatic rings. The van der Waals surface area contributed by atoms with Gasteiger partial charge in [-0.15, -0.1) is 0 Å². The Hall–Kier alpha value is -1.63. The molecule has 1 saturated heterocycles. The van der Waals surface area contributed by atoms with Crippen LogP contribution in [-0.4, -0.2) is 30.4 Å². The normalized spacial score (nSPS) is 17.0. The second-order valence-electron chi connectivity index (χ2n) is 6.83. The third-order valence-electron chi connectivity index (χ3n) is 5.14. The van der Waals surface area contributed by atoms with Gasteiger partial charge in [0.1, 0.15) is 0 Å². The van der Waals surface area contributed by atoms with Crippen LogP contribution in [0.15, 0.2) is 70.2 Å². The molecule has 1 aromatic heterocycles. The summed E-state index contributed by atoms with van der Waals surface area (Å²) < 4.78 is 30.5. The molecule has 0 bridgehead atoms. The number of hydrogen-bond donors (Lipinski definition) is 0. The van der Waals surface area contributed by atoms with Crippen molar-refractivity contribution in [3.05, 3.63) is 65.3 Å². The number of rotatable bonds is 4. The number of piperidine rings is 1. The molecule has 0 N–H and O–H groups in total. The van der Waals surface area contributed by atoms with Gasteiger partial charge >= 0.3 is 0 Å². The fourth-order valence-electron chi connectivity index (χ4n) is 3.68. The second-order valence-corrected chi connectivity index (χ2v) is 9.69. The van der Waals surface area contributed by atoms with Gasteiger partial charge in [0.2, 0.25) is 10.0 Å². The number of nitrogens with zero attached hydrogens (tertiary/aromatic N) is 2. The maximum Gasteiger partial charge on any atom is 0.243 e. The molecule has 1 aliphatic heterocycles. The Morgan fingerprint density at radius 1 is 1.00 bits per heavy atom. The summed E-state index contributed by atoms with van der Waals surface area (Å²) in [4.78, 5) is 0.389. The highest BCUT2D eigenvalue weighted by Crippen LogP contribution is 2.27. The Morgan fingerprint density at radius 2 is 1.73 bits per heavy atom. The maximum absolute atomic E-state index is 12.7. The molecular weight excluding hydrogens is 412 g/mol. The number of fused-ring (bicyclic) bond motifs is 1. The molecule has 0 saturated carbocycles. The minimum Gasteiger partial charge on any atom is -0.347 e. The zero-order valence-corrected chi connectivity index (χ0v) is 16.8. The first-order chi connectivity index (χ1) is 12.5. The monoisotopic (exact) mass is 432 g/mol. The maximum atomic E-state index is 12.7. The number of hydrogen-bond acceptors (Lipinski definition) is 2. The third-order valence-corrected chi connectivity index (χ3v) is 7.55. The largest absolute Gasteiger partial charge is 0.347 e. The predicted octanol–water partition coefficient (Wildman–Crippen LogP) is 4.50. The number of sulfonamides is 1. The van der Waals surface area contributed by atoms with E-state index in [1.54, 1.807) is 28.6 Å². The van der Waals surface area contributed by atoms with Crippen molar-refractivity contribution in [2.24, 2.45) is 5.92 Å². The van der Waals surface area contributed by atoms with Crippen LogP contribution in [0.1, 0.15) is 12.8 Å². The first-order valence-corrected chi connectivity index (χ1v) is 11.1. The highest BCUT2D eigenvalue weighted by molar-refractivity contribution is 9.10. The molecule has 0 atom stereocenters. The quantitative estimate of drug-likeness (QED) is 0.608. The van der Waals surface area contributed by atoms with Gasteiger partial charge in [0.05, 0.1) is 4.90 Å². The summed E-state index contributed by atoms with van der Waals surface area (Å²) in [6.45, 7) is 2.11. The van der Waals surface area contributed by atoms with Crippen molar-refractivity contribution in [1.82, 2.24) is 8.87 Å². The summed E-state index contributed by atoms with van der Waals surface area (Å²) in [5, 5.41) is 1.23. The van der Waals surface area contributed by atoms with Crippen LogP contribution in [0.25, 0.3) is 10.9 Å². The van der Waals surface area contributed by atoms with Crippen molar-refractivity contribution in [3.63, 3.8) is 0 Å². The average Bonchev–Trinajstić information content (AvgIpc) is 3.05. The van der Waals surface area contributed by atoms with E-state index >= 15 is 0 Å². The Bertz CT molecular complexity index is 1010. The Kier molecular flexibility index (Phi) is 4.90. The van der Waals surface area contributed by atoms with Gasteiger partial charge in [-0.1, -0.05) is 34.1 Å². The lowest BCUT2D eigenvalue weighted by atomic mass is 9.98. The van der Waals surface area contributed by atoms with Gasteiger partial charge in [0.15, 0.2) is 0 Å². The highest BCUT2D eigenvalue weighted by Gasteiger charge is 2.29. The van der Waals surface area contributed by atoms with E-state index in [1.165, 1.54) is 10.9 Å². The van der Waals surface area contributed by atoms with Crippen molar-refractivity contribution in [1.29, 1.82) is 0 Å². The lowest BCUT2D eigenvalue weighted by Crippen LogP contribution is -2.39. The Morgan fingerprint density at radius 3 is 2.46 bits per heavy atom. The predicted molar refractivity (Wildman–Crippen MR) is 108 cm³/mol. The van der Waals surface area contributed by atoms with Gasteiger partial charge in [-0.25, -0.2) is 8.42 Å². The molecule has 26 heavy (non-hydrogen) atoms.